The predicted octanol–water partition coefficient (Wildman–Crippen LogP) is 2.46. The average molecular weight is 290 g/mol. The van der Waals surface area contributed by atoms with Crippen LogP contribution < -0.4 is 10.6 Å². The van der Waals surface area contributed by atoms with Crippen molar-refractivity contribution in [1.82, 2.24) is 15.5 Å². The van der Waals surface area contributed by atoms with Gasteiger partial charge >= 0.3 is 0 Å². The maximum absolute atomic E-state index is 4.28. The summed E-state index contributed by atoms with van der Waals surface area (Å²) in [6, 6.07) is 9.06. The molecule has 0 spiro atoms. The van der Waals surface area contributed by atoms with Crippen LogP contribution in [0.5, 0.6) is 0 Å². The summed E-state index contributed by atoms with van der Waals surface area (Å²) < 4.78 is 0. The van der Waals surface area contributed by atoms with Gasteiger partial charge in [0.1, 0.15) is 0 Å². The monoisotopic (exact) mass is 290 g/mol. The number of nitrogens with zero attached hydrogens (tertiary/aromatic N) is 2. The summed E-state index contributed by atoms with van der Waals surface area (Å²) >= 11 is 0. The third-order valence-electron chi connectivity index (χ3n) is 3.54. The van der Waals surface area contributed by atoms with E-state index in [2.05, 4.69) is 79.7 Å². The lowest BCUT2D eigenvalue weighted by Gasteiger charge is -2.21. The molecule has 4 nitrogen and oxygen atoms in total. The van der Waals surface area contributed by atoms with E-state index < -0.39 is 0 Å². The molecule has 0 aliphatic rings. The van der Waals surface area contributed by atoms with Crippen molar-refractivity contribution in [3.63, 3.8) is 0 Å². The van der Waals surface area contributed by atoms with Crippen LogP contribution in [0.4, 0.5) is 0 Å². The summed E-state index contributed by atoms with van der Waals surface area (Å²) in [7, 11) is 5.98. The quantitative estimate of drug-likeness (QED) is 0.624. The van der Waals surface area contributed by atoms with Gasteiger partial charge in [-0.15, -0.1) is 0 Å². The molecule has 1 atom stereocenters. The molecule has 1 aromatic rings. The lowest BCUT2D eigenvalue weighted by molar-refractivity contribution is 0.402. The Labute approximate surface area is 129 Å². The van der Waals surface area contributed by atoms with E-state index in [9.17, 15) is 0 Å². The molecule has 4 heteroatoms. The van der Waals surface area contributed by atoms with Gasteiger partial charge in [0.05, 0.1) is 0 Å². The summed E-state index contributed by atoms with van der Waals surface area (Å²) in [4.78, 5) is 6.46. The predicted molar refractivity (Wildman–Crippen MR) is 91.5 cm³/mol. The molecule has 21 heavy (non-hydrogen) atoms. The molecule has 1 aromatic carbocycles. The zero-order chi connectivity index (χ0) is 15.8. The summed E-state index contributed by atoms with van der Waals surface area (Å²) in [6.07, 6.45) is 0. The molecule has 0 aliphatic heterocycles. The van der Waals surface area contributed by atoms with Gasteiger partial charge in [-0.05, 0) is 38.1 Å². The van der Waals surface area contributed by atoms with Gasteiger partial charge < -0.3 is 15.5 Å². The first-order chi connectivity index (χ1) is 9.92. The molecular weight excluding hydrogens is 260 g/mol. The highest BCUT2D eigenvalue weighted by Crippen LogP contribution is 2.07. The van der Waals surface area contributed by atoms with E-state index in [-0.39, 0.29) is 0 Å². The van der Waals surface area contributed by atoms with Crippen LogP contribution in [-0.4, -0.2) is 38.0 Å². The normalized spacial score (nSPS) is 13.6. The van der Waals surface area contributed by atoms with Crippen molar-refractivity contribution in [3.8, 4) is 0 Å². The van der Waals surface area contributed by atoms with Crippen LogP contribution in [0.1, 0.15) is 31.9 Å². The molecule has 0 saturated carbocycles. The van der Waals surface area contributed by atoms with Gasteiger partial charge in [0.25, 0.3) is 0 Å². The maximum Gasteiger partial charge on any atom is 0.191 e. The van der Waals surface area contributed by atoms with E-state index in [0.29, 0.717) is 12.0 Å². The van der Waals surface area contributed by atoms with Crippen molar-refractivity contribution >= 4 is 5.96 Å². The number of hydrogen-bond acceptors (Lipinski definition) is 2. The maximum atomic E-state index is 4.28. The molecule has 0 bridgehead atoms. The zero-order valence-electron chi connectivity index (χ0n) is 14.3. The minimum Gasteiger partial charge on any atom is -0.354 e. The van der Waals surface area contributed by atoms with Gasteiger partial charge in [-0.2, -0.15) is 0 Å². The molecule has 0 aliphatic carbocycles. The van der Waals surface area contributed by atoms with E-state index in [0.717, 1.165) is 19.0 Å². The highest BCUT2D eigenvalue weighted by Gasteiger charge is 2.08. The topological polar surface area (TPSA) is 39.7 Å². The lowest BCUT2D eigenvalue weighted by atomic mass is 10.1. The Balaban J connectivity index is 2.57. The third kappa shape index (κ3) is 6.63. The second kappa shape index (κ2) is 8.67. The van der Waals surface area contributed by atoms with Crippen LogP contribution in [0.15, 0.2) is 29.3 Å². The van der Waals surface area contributed by atoms with E-state index in [4.69, 9.17) is 0 Å². The van der Waals surface area contributed by atoms with Crippen molar-refractivity contribution in [2.24, 2.45) is 10.9 Å². The Morgan fingerprint density at radius 1 is 1.19 bits per heavy atom. The van der Waals surface area contributed by atoms with Gasteiger partial charge in [0.2, 0.25) is 0 Å². The Kier molecular flexibility index (Phi) is 7.23. The van der Waals surface area contributed by atoms with Crippen LogP contribution in [0.2, 0.25) is 0 Å². The summed E-state index contributed by atoms with van der Waals surface area (Å²) in [5.41, 5.74) is 2.60. The largest absolute Gasteiger partial charge is 0.354 e. The first-order valence-corrected chi connectivity index (χ1v) is 7.62. The molecule has 0 heterocycles. The van der Waals surface area contributed by atoms with E-state index >= 15 is 0 Å². The highest BCUT2D eigenvalue weighted by molar-refractivity contribution is 5.79. The van der Waals surface area contributed by atoms with Crippen molar-refractivity contribution in [3.05, 3.63) is 35.4 Å². The van der Waals surface area contributed by atoms with Crippen LogP contribution in [0, 0.1) is 5.92 Å². The molecular formula is C17H30N4. The molecule has 1 rings (SSSR count). The number of hydrogen-bond donors (Lipinski definition) is 2. The van der Waals surface area contributed by atoms with Crippen LogP contribution >= 0.6 is 0 Å². The molecule has 0 fully saturated rings. The van der Waals surface area contributed by atoms with E-state index in [1.54, 1.807) is 0 Å². The number of nitrogens with one attached hydrogen (secondary N) is 2. The molecule has 0 radical (unpaired) electrons. The van der Waals surface area contributed by atoms with Gasteiger partial charge in [-0.1, -0.05) is 38.1 Å². The number of aliphatic imine (C=N–C) groups is 1. The van der Waals surface area contributed by atoms with Gasteiger partial charge in [-0.3, -0.25) is 4.99 Å². The van der Waals surface area contributed by atoms with Gasteiger partial charge in [0.15, 0.2) is 5.96 Å². The molecule has 2 N–H and O–H groups in total. The third-order valence-corrected chi connectivity index (χ3v) is 3.54. The van der Waals surface area contributed by atoms with Crippen LogP contribution in [-0.2, 0) is 13.1 Å². The van der Waals surface area contributed by atoms with E-state index in [1.165, 1.54) is 11.1 Å². The fraction of sp³-hybridized carbons (Fsp3) is 0.588. The summed E-state index contributed by atoms with van der Waals surface area (Å²) in [5.74, 6) is 1.43. The second-order valence-corrected chi connectivity index (χ2v) is 6.16. The minimum atomic E-state index is 0.399. The first kappa shape index (κ1) is 17.5. The number of guanidine groups is 1. The summed E-state index contributed by atoms with van der Waals surface area (Å²) in [6.45, 7) is 8.33. The van der Waals surface area contributed by atoms with Crippen LogP contribution in [0.3, 0.4) is 0 Å². The summed E-state index contributed by atoms with van der Waals surface area (Å²) in [5, 5.41) is 6.79. The Morgan fingerprint density at radius 2 is 1.86 bits per heavy atom. The molecule has 1 unspecified atom stereocenters. The molecule has 0 aromatic heterocycles. The second-order valence-electron chi connectivity index (χ2n) is 6.16. The SMILES string of the molecule is CN=C(NCc1cccc(CN(C)C)c1)NC(C)C(C)C. The Hall–Kier alpha value is -1.55. The average Bonchev–Trinajstić information content (AvgIpc) is 2.42. The van der Waals surface area contributed by atoms with Crippen molar-refractivity contribution in [1.29, 1.82) is 0 Å². The number of benzene rings is 1. The Morgan fingerprint density at radius 3 is 2.43 bits per heavy atom. The first-order valence-electron chi connectivity index (χ1n) is 7.62. The van der Waals surface area contributed by atoms with Crippen molar-refractivity contribution in [2.75, 3.05) is 21.1 Å². The fourth-order valence-electron chi connectivity index (χ4n) is 1.97. The molecule has 0 amide bonds. The lowest BCUT2D eigenvalue weighted by Crippen LogP contribution is -2.43. The van der Waals surface area contributed by atoms with E-state index in [1.807, 2.05) is 7.05 Å². The van der Waals surface area contributed by atoms with Gasteiger partial charge in [0, 0.05) is 26.2 Å². The molecule has 0 saturated heterocycles. The zero-order valence-corrected chi connectivity index (χ0v) is 14.3. The molecule has 118 valence electrons. The highest BCUT2D eigenvalue weighted by atomic mass is 15.2. The standard InChI is InChI=1S/C17H30N4/c1-13(2)14(3)20-17(18-4)19-11-15-8-7-9-16(10-15)12-21(5)6/h7-10,13-14H,11-12H2,1-6H3,(H2,18,19,20). The number of rotatable bonds is 6. The smallest absolute Gasteiger partial charge is 0.191 e. The van der Waals surface area contributed by atoms with Crippen molar-refractivity contribution < 1.29 is 0 Å². The van der Waals surface area contributed by atoms with Crippen LogP contribution in [0.25, 0.3) is 0 Å². The minimum absolute atomic E-state index is 0.399. The fourth-order valence-corrected chi connectivity index (χ4v) is 1.97. The van der Waals surface area contributed by atoms with Crippen molar-refractivity contribution in [2.45, 2.75) is 39.9 Å². The Bertz CT molecular complexity index is 452. The van der Waals surface area contributed by atoms with Gasteiger partial charge in [-0.25, -0.2) is 0 Å².